The zero-order valence-corrected chi connectivity index (χ0v) is 11.1. The van der Waals surface area contributed by atoms with Gasteiger partial charge in [0.15, 0.2) is 10.8 Å². The van der Waals surface area contributed by atoms with Crippen LogP contribution in [-0.4, -0.2) is 24.6 Å². The zero-order valence-electron chi connectivity index (χ0n) is 10.3. The molecule has 18 heavy (non-hydrogen) atoms. The minimum absolute atomic E-state index is 0.361. The van der Waals surface area contributed by atoms with Gasteiger partial charge in [-0.1, -0.05) is 18.2 Å². The van der Waals surface area contributed by atoms with Gasteiger partial charge in [0.25, 0.3) is 0 Å². The summed E-state index contributed by atoms with van der Waals surface area (Å²) in [6.45, 7) is 2.14. The number of carbonyl (C=O) groups excluding carboxylic acids is 1. The van der Waals surface area contributed by atoms with Gasteiger partial charge in [-0.25, -0.2) is 9.78 Å². The van der Waals surface area contributed by atoms with Gasteiger partial charge in [-0.2, -0.15) is 0 Å². The molecule has 0 aliphatic rings. The van der Waals surface area contributed by atoms with Crippen LogP contribution in [-0.2, 0) is 4.74 Å². The van der Waals surface area contributed by atoms with Crippen molar-refractivity contribution in [1.29, 1.82) is 0 Å². The smallest absolute Gasteiger partial charge is 0.357 e. The minimum atomic E-state index is -0.374. The molecule has 0 aliphatic heterocycles. The van der Waals surface area contributed by atoms with Crippen LogP contribution in [0, 0.1) is 0 Å². The summed E-state index contributed by atoms with van der Waals surface area (Å²) in [4.78, 5) is 17.7. The summed E-state index contributed by atoms with van der Waals surface area (Å²) in [5.74, 6) is -0.374. The molecule has 0 N–H and O–H groups in total. The number of hydrogen-bond donors (Lipinski definition) is 0. The molecule has 2 aromatic rings. The maximum Gasteiger partial charge on any atom is 0.357 e. The predicted octanol–water partition coefficient (Wildman–Crippen LogP) is 3.09. The maximum atomic E-state index is 11.5. The van der Waals surface area contributed by atoms with Crippen molar-refractivity contribution in [2.45, 2.75) is 6.92 Å². The number of anilines is 2. The lowest BCUT2D eigenvalue weighted by molar-refractivity contribution is 0.0520. The van der Waals surface area contributed by atoms with E-state index in [0.29, 0.717) is 12.3 Å². The quantitative estimate of drug-likeness (QED) is 0.794. The molecule has 0 saturated heterocycles. The number of thiazole rings is 1. The van der Waals surface area contributed by atoms with Gasteiger partial charge in [0.05, 0.1) is 6.61 Å². The standard InChI is InChI=1S/C13H14N2O2S/c1-3-17-12(16)11-9-18-13(14-11)15(2)10-7-5-4-6-8-10/h4-9H,3H2,1-2H3. The molecular weight excluding hydrogens is 248 g/mol. The van der Waals surface area contributed by atoms with E-state index in [-0.39, 0.29) is 5.97 Å². The minimum Gasteiger partial charge on any atom is -0.461 e. The van der Waals surface area contributed by atoms with Gasteiger partial charge in [0.2, 0.25) is 0 Å². The first kappa shape index (κ1) is 12.6. The van der Waals surface area contributed by atoms with Crippen LogP contribution in [0.5, 0.6) is 0 Å². The number of benzene rings is 1. The summed E-state index contributed by atoms with van der Waals surface area (Å²) < 4.78 is 4.91. The zero-order chi connectivity index (χ0) is 13.0. The van der Waals surface area contributed by atoms with Gasteiger partial charge in [0, 0.05) is 18.1 Å². The Kier molecular flexibility index (Phi) is 3.94. The van der Waals surface area contributed by atoms with Gasteiger partial charge >= 0.3 is 5.97 Å². The number of hydrogen-bond acceptors (Lipinski definition) is 5. The third-order valence-corrected chi connectivity index (χ3v) is 3.32. The number of esters is 1. The van der Waals surface area contributed by atoms with Crippen LogP contribution in [0.3, 0.4) is 0 Å². The van der Waals surface area contributed by atoms with Crippen LogP contribution in [0.2, 0.25) is 0 Å². The van der Waals surface area contributed by atoms with Crippen LogP contribution in [0.1, 0.15) is 17.4 Å². The Morgan fingerprint density at radius 3 is 2.78 bits per heavy atom. The molecule has 5 heteroatoms. The second kappa shape index (κ2) is 5.64. The van der Waals surface area contributed by atoms with E-state index in [1.165, 1.54) is 11.3 Å². The Hall–Kier alpha value is -1.88. The SMILES string of the molecule is CCOC(=O)c1csc(N(C)c2ccccc2)n1. The average Bonchev–Trinajstić information content (AvgIpc) is 2.89. The summed E-state index contributed by atoms with van der Waals surface area (Å²) in [5.41, 5.74) is 1.39. The molecule has 0 amide bonds. The maximum absolute atomic E-state index is 11.5. The molecule has 2 rings (SSSR count). The molecule has 0 bridgehead atoms. The Labute approximate surface area is 110 Å². The highest BCUT2D eigenvalue weighted by molar-refractivity contribution is 7.14. The van der Waals surface area contributed by atoms with E-state index < -0.39 is 0 Å². The summed E-state index contributed by atoms with van der Waals surface area (Å²) in [7, 11) is 1.92. The number of carbonyl (C=O) groups is 1. The second-order valence-corrected chi connectivity index (χ2v) is 4.47. The van der Waals surface area contributed by atoms with E-state index >= 15 is 0 Å². The highest BCUT2D eigenvalue weighted by Crippen LogP contribution is 2.26. The molecule has 94 valence electrons. The lowest BCUT2D eigenvalue weighted by Crippen LogP contribution is -2.10. The van der Waals surface area contributed by atoms with Crippen LogP contribution < -0.4 is 4.90 Å². The lowest BCUT2D eigenvalue weighted by atomic mass is 10.3. The average molecular weight is 262 g/mol. The van der Waals surface area contributed by atoms with E-state index in [1.54, 1.807) is 12.3 Å². The molecule has 1 aromatic carbocycles. The largest absolute Gasteiger partial charge is 0.461 e. The summed E-state index contributed by atoms with van der Waals surface area (Å²) in [6, 6.07) is 9.87. The molecule has 0 spiro atoms. The fraction of sp³-hybridized carbons (Fsp3) is 0.231. The van der Waals surface area contributed by atoms with E-state index in [4.69, 9.17) is 4.74 Å². The third kappa shape index (κ3) is 2.68. The predicted molar refractivity (Wildman–Crippen MR) is 72.6 cm³/mol. The van der Waals surface area contributed by atoms with Crippen LogP contribution in [0.25, 0.3) is 0 Å². The molecule has 0 fully saturated rings. The van der Waals surface area contributed by atoms with Crippen LogP contribution >= 0.6 is 11.3 Å². The van der Waals surface area contributed by atoms with Crippen molar-refractivity contribution in [2.24, 2.45) is 0 Å². The first-order valence-electron chi connectivity index (χ1n) is 5.63. The lowest BCUT2D eigenvalue weighted by Gasteiger charge is -2.15. The van der Waals surface area contributed by atoms with Gasteiger partial charge in [-0.05, 0) is 19.1 Å². The third-order valence-electron chi connectivity index (χ3n) is 2.41. The molecule has 0 saturated carbocycles. The number of aromatic nitrogens is 1. The Balaban J connectivity index is 2.17. The molecule has 1 aromatic heterocycles. The molecule has 0 radical (unpaired) electrons. The van der Waals surface area contributed by atoms with Gasteiger partial charge in [-0.3, -0.25) is 0 Å². The van der Waals surface area contributed by atoms with Crippen molar-refractivity contribution in [3.63, 3.8) is 0 Å². The molecule has 0 aliphatic carbocycles. The van der Waals surface area contributed by atoms with E-state index in [2.05, 4.69) is 4.98 Å². The van der Waals surface area contributed by atoms with Gasteiger partial charge in [0.1, 0.15) is 0 Å². The first-order chi connectivity index (χ1) is 8.72. The topological polar surface area (TPSA) is 42.4 Å². The second-order valence-electron chi connectivity index (χ2n) is 3.63. The van der Waals surface area contributed by atoms with E-state index in [1.807, 2.05) is 42.3 Å². The Morgan fingerprint density at radius 1 is 1.39 bits per heavy atom. The highest BCUT2D eigenvalue weighted by atomic mass is 32.1. The van der Waals surface area contributed by atoms with Crippen molar-refractivity contribution in [2.75, 3.05) is 18.6 Å². The first-order valence-corrected chi connectivity index (χ1v) is 6.51. The van der Waals surface area contributed by atoms with Crippen LogP contribution in [0.15, 0.2) is 35.7 Å². The van der Waals surface area contributed by atoms with Gasteiger partial charge < -0.3 is 9.64 Å². The molecule has 4 nitrogen and oxygen atoms in total. The molecular formula is C13H14N2O2S. The normalized spacial score (nSPS) is 10.1. The fourth-order valence-corrected chi connectivity index (χ4v) is 2.26. The summed E-state index contributed by atoms with van der Waals surface area (Å²) in [5, 5.41) is 2.48. The van der Waals surface area contributed by atoms with Crippen molar-refractivity contribution in [1.82, 2.24) is 4.98 Å². The molecule has 0 atom stereocenters. The van der Waals surface area contributed by atoms with Crippen molar-refractivity contribution in [3.8, 4) is 0 Å². The number of ether oxygens (including phenoxy) is 1. The van der Waals surface area contributed by atoms with Crippen molar-refractivity contribution in [3.05, 3.63) is 41.4 Å². The van der Waals surface area contributed by atoms with Crippen LogP contribution in [0.4, 0.5) is 10.8 Å². The molecule has 0 unspecified atom stereocenters. The number of rotatable bonds is 4. The van der Waals surface area contributed by atoms with Gasteiger partial charge in [-0.15, -0.1) is 11.3 Å². The van der Waals surface area contributed by atoms with E-state index in [9.17, 15) is 4.79 Å². The molecule has 1 heterocycles. The Morgan fingerprint density at radius 2 is 2.11 bits per heavy atom. The van der Waals surface area contributed by atoms with E-state index in [0.717, 1.165) is 10.8 Å². The van der Waals surface area contributed by atoms with Crippen molar-refractivity contribution >= 4 is 28.1 Å². The summed E-state index contributed by atoms with van der Waals surface area (Å²) >= 11 is 1.42. The fourth-order valence-electron chi connectivity index (χ4n) is 1.48. The summed E-state index contributed by atoms with van der Waals surface area (Å²) in [6.07, 6.45) is 0. The highest BCUT2D eigenvalue weighted by Gasteiger charge is 2.14. The number of para-hydroxylation sites is 1. The Bertz CT molecular complexity index is 525. The monoisotopic (exact) mass is 262 g/mol. The van der Waals surface area contributed by atoms with Crippen molar-refractivity contribution < 1.29 is 9.53 Å². The number of nitrogens with zero attached hydrogens (tertiary/aromatic N) is 2.